The number of carbonyl (C=O) groups excluding carboxylic acids is 1. The summed E-state index contributed by atoms with van der Waals surface area (Å²) in [5, 5.41) is 16.4. The number of cyclic esters (lactones) is 1. The molecule has 12 heteroatoms. The van der Waals surface area contributed by atoms with E-state index >= 15 is 4.39 Å². The normalized spacial score (nSPS) is 23.9. The number of nitrogens with zero attached hydrogens (tertiary/aromatic N) is 8. The van der Waals surface area contributed by atoms with Crippen molar-refractivity contribution in [2.45, 2.75) is 37.6 Å². The zero-order valence-corrected chi connectivity index (χ0v) is 18.7. The molecule has 11 nitrogen and oxygen atoms in total. The number of epoxide rings is 1. The fourth-order valence-corrected chi connectivity index (χ4v) is 4.72. The van der Waals surface area contributed by atoms with Crippen LogP contribution in [0.15, 0.2) is 36.8 Å². The Hall–Kier alpha value is -3.54. The van der Waals surface area contributed by atoms with Gasteiger partial charge in [-0.3, -0.25) is 4.90 Å². The predicted octanol–water partition coefficient (Wildman–Crippen LogP) is 2.09. The second kappa shape index (κ2) is 8.05. The van der Waals surface area contributed by atoms with Gasteiger partial charge in [0.1, 0.15) is 23.7 Å². The van der Waals surface area contributed by atoms with Gasteiger partial charge in [-0.15, -0.1) is 10.2 Å². The van der Waals surface area contributed by atoms with Crippen molar-refractivity contribution >= 4 is 11.8 Å². The third-order valence-electron chi connectivity index (χ3n) is 6.86. The molecule has 0 N–H and O–H groups in total. The summed E-state index contributed by atoms with van der Waals surface area (Å²) >= 11 is 0. The van der Waals surface area contributed by atoms with Gasteiger partial charge in [0.2, 0.25) is 0 Å². The predicted molar refractivity (Wildman–Crippen MR) is 116 cm³/mol. The van der Waals surface area contributed by atoms with E-state index in [1.165, 1.54) is 21.8 Å². The van der Waals surface area contributed by atoms with Crippen molar-refractivity contribution in [1.82, 2.24) is 34.9 Å². The first-order chi connectivity index (χ1) is 16.5. The molecule has 3 aliphatic heterocycles. The van der Waals surface area contributed by atoms with Gasteiger partial charge in [0.25, 0.3) is 0 Å². The standard InChI is InChI=1S/C22H25FN8O3/c1-22(14-34-22)19-13-31(27-25-19)16-4-7-28(8-5-16)18-3-2-15(12-17(18)23)20(30-9-6-24-26-30)29-10-11-33-21(29)32/h2-3,6,9,12-13,16,20H,4-5,7-8,10-11,14H2,1H3/t20-,22+/m1/s1. The number of rotatable bonds is 6. The number of halogens is 1. The summed E-state index contributed by atoms with van der Waals surface area (Å²) in [6.45, 7) is 4.78. The molecule has 0 unspecified atom stereocenters. The van der Waals surface area contributed by atoms with Crippen LogP contribution in [0.5, 0.6) is 0 Å². The van der Waals surface area contributed by atoms with E-state index in [2.05, 4.69) is 20.6 Å². The summed E-state index contributed by atoms with van der Waals surface area (Å²) in [4.78, 5) is 15.8. The van der Waals surface area contributed by atoms with Gasteiger partial charge in [-0.1, -0.05) is 16.5 Å². The maximum absolute atomic E-state index is 15.3. The number of amides is 1. The van der Waals surface area contributed by atoms with Gasteiger partial charge in [0.05, 0.1) is 37.3 Å². The molecule has 0 aliphatic carbocycles. The third-order valence-corrected chi connectivity index (χ3v) is 6.86. The molecule has 5 heterocycles. The summed E-state index contributed by atoms with van der Waals surface area (Å²) in [6, 6.07) is 5.30. The molecule has 0 radical (unpaired) electrons. The molecule has 0 bridgehead atoms. The lowest BCUT2D eigenvalue weighted by Crippen LogP contribution is -2.36. The second-order valence-corrected chi connectivity index (χ2v) is 9.10. The molecule has 2 aromatic heterocycles. The topological polar surface area (TPSA) is 107 Å². The maximum atomic E-state index is 15.3. The van der Waals surface area contributed by atoms with Crippen LogP contribution < -0.4 is 4.90 Å². The van der Waals surface area contributed by atoms with Crippen molar-refractivity contribution < 1.29 is 18.7 Å². The summed E-state index contributed by atoms with van der Waals surface area (Å²) in [6.07, 6.45) is 5.75. The van der Waals surface area contributed by atoms with Crippen LogP contribution in [0, 0.1) is 5.82 Å². The van der Waals surface area contributed by atoms with E-state index in [0.717, 1.165) is 18.5 Å². The Bertz CT molecular complexity index is 1190. The average Bonchev–Trinajstić information content (AvgIpc) is 3.31. The van der Waals surface area contributed by atoms with E-state index in [-0.39, 0.29) is 17.5 Å². The second-order valence-electron chi connectivity index (χ2n) is 9.10. The molecule has 2 atom stereocenters. The number of piperidine rings is 1. The highest BCUT2D eigenvalue weighted by Gasteiger charge is 2.44. The number of hydrogen-bond acceptors (Lipinski definition) is 8. The monoisotopic (exact) mass is 468 g/mol. The largest absolute Gasteiger partial charge is 0.447 e. The minimum atomic E-state index is -0.620. The summed E-state index contributed by atoms with van der Waals surface area (Å²) in [5.74, 6) is -0.338. The summed E-state index contributed by atoms with van der Waals surface area (Å²) < 4.78 is 29.3. The average molecular weight is 468 g/mol. The first-order valence-corrected chi connectivity index (χ1v) is 11.4. The number of anilines is 1. The Balaban J connectivity index is 1.17. The van der Waals surface area contributed by atoms with Crippen LogP contribution in [-0.4, -0.2) is 73.8 Å². The number of ether oxygens (including phenoxy) is 2. The summed E-state index contributed by atoms with van der Waals surface area (Å²) in [5.41, 5.74) is 1.72. The lowest BCUT2D eigenvalue weighted by molar-refractivity contribution is 0.139. The first-order valence-electron chi connectivity index (χ1n) is 11.4. The fraction of sp³-hybridized carbons (Fsp3) is 0.500. The van der Waals surface area contributed by atoms with Crippen LogP contribution in [0.2, 0.25) is 0 Å². The molecule has 6 rings (SSSR count). The minimum Gasteiger partial charge on any atom is -0.447 e. The number of aromatic nitrogens is 6. The van der Waals surface area contributed by atoms with Crippen molar-refractivity contribution in [2.24, 2.45) is 0 Å². The van der Waals surface area contributed by atoms with Crippen molar-refractivity contribution in [2.75, 3.05) is 37.7 Å². The lowest BCUT2D eigenvalue weighted by Gasteiger charge is -2.34. The quantitative estimate of drug-likeness (QED) is 0.507. The van der Waals surface area contributed by atoms with Crippen LogP contribution in [-0.2, 0) is 15.1 Å². The van der Waals surface area contributed by atoms with E-state index in [4.69, 9.17) is 9.47 Å². The molecule has 0 spiro atoms. The highest BCUT2D eigenvalue weighted by atomic mass is 19.1. The van der Waals surface area contributed by atoms with E-state index in [0.29, 0.717) is 44.1 Å². The molecule has 3 saturated heterocycles. The third kappa shape index (κ3) is 3.67. The van der Waals surface area contributed by atoms with E-state index in [1.807, 2.05) is 28.8 Å². The number of carbonyl (C=O) groups is 1. The van der Waals surface area contributed by atoms with Gasteiger partial charge < -0.3 is 14.4 Å². The zero-order chi connectivity index (χ0) is 23.3. The number of benzene rings is 1. The van der Waals surface area contributed by atoms with Crippen molar-refractivity contribution in [3.05, 3.63) is 53.9 Å². The van der Waals surface area contributed by atoms with Gasteiger partial charge in [-0.2, -0.15) is 0 Å². The van der Waals surface area contributed by atoms with E-state index < -0.39 is 12.3 Å². The Morgan fingerprint density at radius 1 is 1.21 bits per heavy atom. The Morgan fingerprint density at radius 3 is 2.68 bits per heavy atom. The minimum absolute atomic E-state index is 0.222. The summed E-state index contributed by atoms with van der Waals surface area (Å²) in [7, 11) is 0. The van der Waals surface area contributed by atoms with Gasteiger partial charge in [-0.25, -0.2) is 18.5 Å². The van der Waals surface area contributed by atoms with Gasteiger partial charge in [0, 0.05) is 19.3 Å². The van der Waals surface area contributed by atoms with Crippen LogP contribution in [0.25, 0.3) is 0 Å². The first kappa shape index (κ1) is 21.0. The smallest absolute Gasteiger partial charge is 0.411 e. The Kier molecular flexibility index (Phi) is 4.97. The molecular formula is C22H25FN8O3. The van der Waals surface area contributed by atoms with E-state index in [1.54, 1.807) is 12.3 Å². The highest BCUT2D eigenvalue weighted by Crippen LogP contribution is 2.37. The number of hydrogen-bond donors (Lipinski definition) is 0. The van der Waals surface area contributed by atoms with Crippen molar-refractivity contribution in [1.29, 1.82) is 0 Å². The van der Waals surface area contributed by atoms with Crippen LogP contribution in [0.1, 0.15) is 43.2 Å². The maximum Gasteiger partial charge on any atom is 0.411 e. The molecule has 1 amide bonds. The molecule has 3 aromatic rings. The van der Waals surface area contributed by atoms with Gasteiger partial charge in [-0.05, 0) is 37.5 Å². The van der Waals surface area contributed by atoms with Crippen molar-refractivity contribution in [3.8, 4) is 0 Å². The Morgan fingerprint density at radius 2 is 2.03 bits per heavy atom. The fourth-order valence-electron chi connectivity index (χ4n) is 4.72. The van der Waals surface area contributed by atoms with Crippen LogP contribution >= 0.6 is 0 Å². The lowest BCUT2D eigenvalue weighted by atomic mass is 10.0. The highest BCUT2D eigenvalue weighted by molar-refractivity contribution is 5.70. The van der Waals surface area contributed by atoms with Gasteiger partial charge in [0.15, 0.2) is 6.17 Å². The Labute approximate surface area is 195 Å². The van der Waals surface area contributed by atoms with Crippen LogP contribution in [0.4, 0.5) is 14.9 Å². The zero-order valence-electron chi connectivity index (χ0n) is 18.7. The molecule has 3 aliphatic rings. The SMILES string of the molecule is C[C@@]1(c2cn(C3CCN(c4ccc([C@H](N5CCOC5=O)n5ccnn5)cc4F)CC3)nn2)CO1. The molecule has 3 fully saturated rings. The van der Waals surface area contributed by atoms with E-state index in [9.17, 15) is 4.79 Å². The molecule has 1 aromatic carbocycles. The molecular weight excluding hydrogens is 443 g/mol. The van der Waals surface area contributed by atoms with Gasteiger partial charge >= 0.3 is 6.09 Å². The molecule has 34 heavy (non-hydrogen) atoms. The molecule has 0 saturated carbocycles. The van der Waals surface area contributed by atoms with Crippen LogP contribution in [0.3, 0.4) is 0 Å². The molecule has 178 valence electrons. The van der Waals surface area contributed by atoms with Crippen molar-refractivity contribution in [3.63, 3.8) is 0 Å².